The SMILES string of the molecule is COc1ccc(C=O)c(C(=O)[C@H](N)CCCCN)c1. The molecule has 1 aromatic carbocycles. The largest absolute Gasteiger partial charge is 0.497 e. The number of hydrogen-bond donors (Lipinski definition) is 2. The number of Topliss-reactive ketones (excluding diaryl/α,β-unsaturated/α-hetero) is 1. The smallest absolute Gasteiger partial charge is 0.180 e. The molecule has 4 N–H and O–H groups in total. The third-order valence-corrected chi connectivity index (χ3v) is 2.96. The molecule has 0 saturated heterocycles. The van der Waals surface area contributed by atoms with Gasteiger partial charge in [0, 0.05) is 11.1 Å². The zero-order chi connectivity index (χ0) is 14.3. The van der Waals surface area contributed by atoms with E-state index in [-0.39, 0.29) is 5.78 Å². The van der Waals surface area contributed by atoms with Crippen molar-refractivity contribution in [3.05, 3.63) is 29.3 Å². The van der Waals surface area contributed by atoms with E-state index in [1.807, 2.05) is 0 Å². The van der Waals surface area contributed by atoms with Gasteiger partial charge < -0.3 is 16.2 Å². The van der Waals surface area contributed by atoms with Gasteiger partial charge in [0.2, 0.25) is 0 Å². The van der Waals surface area contributed by atoms with Crippen LogP contribution in [0.5, 0.6) is 5.75 Å². The molecule has 0 aromatic heterocycles. The first-order chi connectivity index (χ1) is 9.13. The number of hydrogen-bond acceptors (Lipinski definition) is 5. The Hall–Kier alpha value is -1.72. The van der Waals surface area contributed by atoms with E-state index in [2.05, 4.69) is 0 Å². The summed E-state index contributed by atoms with van der Waals surface area (Å²) in [5.41, 5.74) is 11.9. The first-order valence-electron chi connectivity index (χ1n) is 6.27. The van der Waals surface area contributed by atoms with Gasteiger partial charge in [-0.15, -0.1) is 0 Å². The number of ether oxygens (including phenoxy) is 1. The minimum absolute atomic E-state index is 0.238. The number of unbranched alkanes of at least 4 members (excludes halogenated alkanes) is 1. The highest BCUT2D eigenvalue weighted by molar-refractivity contribution is 6.05. The van der Waals surface area contributed by atoms with E-state index in [4.69, 9.17) is 16.2 Å². The Morgan fingerprint density at radius 1 is 1.42 bits per heavy atom. The molecular formula is C14H20N2O3. The van der Waals surface area contributed by atoms with Crippen molar-refractivity contribution in [2.75, 3.05) is 13.7 Å². The molecule has 0 unspecified atom stereocenters. The molecular weight excluding hydrogens is 244 g/mol. The van der Waals surface area contributed by atoms with Gasteiger partial charge in [-0.2, -0.15) is 0 Å². The van der Waals surface area contributed by atoms with Crippen LogP contribution in [0.15, 0.2) is 18.2 Å². The average Bonchev–Trinajstić information content (AvgIpc) is 2.45. The summed E-state index contributed by atoms with van der Waals surface area (Å²) in [6.45, 7) is 0.583. The molecule has 104 valence electrons. The van der Waals surface area contributed by atoms with Gasteiger partial charge in [-0.05, 0) is 37.6 Å². The molecule has 0 aliphatic carbocycles. The number of rotatable bonds is 8. The fourth-order valence-electron chi connectivity index (χ4n) is 1.82. The van der Waals surface area contributed by atoms with Crippen LogP contribution in [0.4, 0.5) is 0 Å². The standard InChI is InChI=1S/C14H20N2O3/c1-19-11-6-5-10(9-17)12(8-11)14(18)13(16)4-2-3-7-15/h5-6,8-9,13H,2-4,7,15-16H2,1H3/t13-/m1/s1. The summed E-state index contributed by atoms with van der Waals surface area (Å²) < 4.78 is 5.06. The summed E-state index contributed by atoms with van der Waals surface area (Å²) in [4.78, 5) is 23.2. The second-order valence-corrected chi connectivity index (χ2v) is 4.33. The van der Waals surface area contributed by atoms with Crippen LogP contribution in [0.2, 0.25) is 0 Å². The number of carbonyl (C=O) groups is 2. The molecule has 0 saturated carbocycles. The van der Waals surface area contributed by atoms with Crippen LogP contribution >= 0.6 is 0 Å². The molecule has 0 amide bonds. The van der Waals surface area contributed by atoms with E-state index in [1.165, 1.54) is 7.11 Å². The van der Waals surface area contributed by atoms with Crippen molar-refractivity contribution in [2.24, 2.45) is 11.5 Å². The van der Waals surface area contributed by atoms with Crippen molar-refractivity contribution in [1.82, 2.24) is 0 Å². The Bertz CT molecular complexity index is 446. The predicted molar refractivity (Wildman–Crippen MR) is 73.6 cm³/mol. The van der Waals surface area contributed by atoms with Crippen molar-refractivity contribution >= 4 is 12.1 Å². The predicted octanol–water partition coefficient (Wildman–Crippen LogP) is 1.15. The van der Waals surface area contributed by atoms with E-state index >= 15 is 0 Å². The van der Waals surface area contributed by atoms with Gasteiger partial charge in [0.15, 0.2) is 12.1 Å². The number of nitrogens with two attached hydrogens (primary N) is 2. The van der Waals surface area contributed by atoms with Gasteiger partial charge in [-0.3, -0.25) is 9.59 Å². The van der Waals surface area contributed by atoms with Crippen LogP contribution in [0, 0.1) is 0 Å². The van der Waals surface area contributed by atoms with Crippen LogP contribution in [-0.2, 0) is 0 Å². The van der Waals surface area contributed by atoms with Crippen LogP contribution < -0.4 is 16.2 Å². The average molecular weight is 264 g/mol. The molecule has 0 aliphatic rings. The summed E-state index contributed by atoms with van der Waals surface area (Å²) in [6, 6.07) is 4.14. The Kier molecular flexibility index (Phi) is 6.18. The van der Waals surface area contributed by atoms with E-state index in [0.717, 1.165) is 12.8 Å². The summed E-state index contributed by atoms with van der Waals surface area (Å²) in [5.74, 6) is 0.293. The Balaban J connectivity index is 2.87. The molecule has 19 heavy (non-hydrogen) atoms. The maximum Gasteiger partial charge on any atom is 0.180 e. The lowest BCUT2D eigenvalue weighted by Crippen LogP contribution is -2.31. The summed E-state index contributed by atoms with van der Waals surface area (Å²) in [6.07, 6.45) is 2.84. The van der Waals surface area contributed by atoms with Crippen molar-refractivity contribution in [1.29, 1.82) is 0 Å². The Morgan fingerprint density at radius 3 is 2.74 bits per heavy atom. The maximum atomic E-state index is 12.2. The summed E-state index contributed by atoms with van der Waals surface area (Å²) >= 11 is 0. The van der Waals surface area contributed by atoms with Gasteiger partial charge >= 0.3 is 0 Å². The van der Waals surface area contributed by atoms with E-state index < -0.39 is 6.04 Å². The van der Waals surface area contributed by atoms with Crippen molar-refractivity contribution in [3.63, 3.8) is 0 Å². The molecule has 0 radical (unpaired) electrons. The lowest BCUT2D eigenvalue weighted by atomic mass is 9.96. The molecule has 0 heterocycles. The van der Waals surface area contributed by atoms with Gasteiger partial charge in [-0.25, -0.2) is 0 Å². The first-order valence-corrected chi connectivity index (χ1v) is 6.27. The first kappa shape index (κ1) is 15.3. The molecule has 1 atom stereocenters. The molecule has 5 heteroatoms. The highest BCUT2D eigenvalue weighted by Crippen LogP contribution is 2.19. The summed E-state index contributed by atoms with van der Waals surface area (Å²) in [7, 11) is 1.51. The zero-order valence-electron chi connectivity index (χ0n) is 11.1. The van der Waals surface area contributed by atoms with Gasteiger partial charge in [0.1, 0.15) is 5.75 Å². The highest BCUT2D eigenvalue weighted by atomic mass is 16.5. The second kappa shape index (κ2) is 7.66. The second-order valence-electron chi connectivity index (χ2n) is 4.33. The van der Waals surface area contributed by atoms with Crippen LogP contribution in [0.25, 0.3) is 0 Å². The Labute approximate surface area is 112 Å². The fraction of sp³-hybridized carbons (Fsp3) is 0.429. The maximum absolute atomic E-state index is 12.2. The number of aldehydes is 1. The lowest BCUT2D eigenvalue weighted by Gasteiger charge is -2.12. The van der Waals surface area contributed by atoms with Crippen LogP contribution in [0.3, 0.4) is 0 Å². The molecule has 0 bridgehead atoms. The number of methoxy groups -OCH3 is 1. The van der Waals surface area contributed by atoms with Crippen LogP contribution in [0.1, 0.15) is 40.0 Å². The number of ketones is 1. The quantitative estimate of drug-likeness (QED) is 0.417. The molecule has 1 rings (SSSR count). The van der Waals surface area contributed by atoms with Gasteiger partial charge in [-0.1, -0.05) is 6.42 Å². The molecule has 5 nitrogen and oxygen atoms in total. The van der Waals surface area contributed by atoms with E-state index in [9.17, 15) is 9.59 Å². The minimum atomic E-state index is -0.614. The summed E-state index contributed by atoms with van der Waals surface area (Å²) in [5, 5.41) is 0. The number of carbonyl (C=O) groups excluding carboxylic acids is 2. The third-order valence-electron chi connectivity index (χ3n) is 2.96. The zero-order valence-corrected chi connectivity index (χ0v) is 11.1. The van der Waals surface area contributed by atoms with Crippen LogP contribution in [-0.4, -0.2) is 31.8 Å². The topological polar surface area (TPSA) is 95.4 Å². The molecule has 1 aromatic rings. The normalized spacial score (nSPS) is 11.9. The molecule has 0 fully saturated rings. The fourth-order valence-corrected chi connectivity index (χ4v) is 1.82. The van der Waals surface area contributed by atoms with Gasteiger partial charge in [0.05, 0.1) is 13.2 Å². The monoisotopic (exact) mass is 264 g/mol. The Morgan fingerprint density at radius 2 is 2.16 bits per heavy atom. The van der Waals surface area contributed by atoms with Gasteiger partial charge in [0.25, 0.3) is 0 Å². The molecule has 0 spiro atoms. The lowest BCUT2D eigenvalue weighted by molar-refractivity contribution is 0.0950. The molecule has 0 aliphatic heterocycles. The van der Waals surface area contributed by atoms with E-state index in [1.54, 1.807) is 18.2 Å². The van der Waals surface area contributed by atoms with Crippen molar-refractivity contribution in [3.8, 4) is 5.75 Å². The number of benzene rings is 1. The highest BCUT2D eigenvalue weighted by Gasteiger charge is 2.19. The van der Waals surface area contributed by atoms with E-state index in [0.29, 0.717) is 36.1 Å². The minimum Gasteiger partial charge on any atom is -0.497 e. The van der Waals surface area contributed by atoms with Crippen molar-refractivity contribution in [2.45, 2.75) is 25.3 Å². The third kappa shape index (κ3) is 4.15. The van der Waals surface area contributed by atoms with Crippen molar-refractivity contribution < 1.29 is 14.3 Å².